The van der Waals surface area contributed by atoms with Gasteiger partial charge >= 0.3 is 6.01 Å². The first-order valence-electron chi connectivity index (χ1n) is 7.13. The van der Waals surface area contributed by atoms with E-state index < -0.39 is 0 Å². The van der Waals surface area contributed by atoms with Gasteiger partial charge in [-0.05, 0) is 19.8 Å². The van der Waals surface area contributed by atoms with Crippen LogP contribution in [0.2, 0.25) is 0 Å². The van der Waals surface area contributed by atoms with Crippen LogP contribution in [0.5, 0.6) is 6.01 Å². The van der Waals surface area contributed by atoms with E-state index >= 15 is 0 Å². The average Bonchev–Trinajstić information content (AvgIpc) is 2.95. The number of anilines is 2. The number of nitrogens with zero attached hydrogens (tertiary/aromatic N) is 3. The Kier molecular flexibility index (Phi) is 4.94. The van der Waals surface area contributed by atoms with E-state index in [0.29, 0.717) is 31.1 Å². The van der Waals surface area contributed by atoms with Crippen molar-refractivity contribution in [1.29, 1.82) is 0 Å². The van der Waals surface area contributed by atoms with E-state index in [4.69, 9.17) is 4.74 Å². The van der Waals surface area contributed by atoms with Gasteiger partial charge in [0.1, 0.15) is 0 Å². The highest BCUT2D eigenvalue weighted by Crippen LogP contribution is 2.37. The highest BCUT2D eigenvalue weighted by atomic mass is 16.5. The molecule has 0 radical (unpaired) electrons. The summed E-state index contributed by atoms with van der Waals surface area (Å²) in [5.41, 5.74) is -0.0434. The maximum Gasteiger partial charge on any atom is 0.323 e. The Bertz CT molecular complexity index is 435. The normalized spacial score (nSPS) is 16.9. The summed E-state index contributed by atoms with van der Waals surface area (Å²) in [4.78, 5) is 12.6. The van der Waals surface area contributed by atoms with E-state index in [-0.39, 0.29) is 12.0 Å². The zero-order valence-corrected chi connectivity index (χ0v) is 12.1. The van der Waals surface area contributed by atoms with Gasteiger partial charge in [-0.3, -0.25) is 0 Å². The predicted molar refractivity (Wildman–Crippen MR) is 77.0 cm³/mol. The van der Waals surface area contributed by atoms with Crippen LogP contribution < -0.4 is 15.4 Å². The smallest absolute Gasteiger partial charge is 0.323 e. The monoisotopic (exact) mass is 281 g/mol. The Morgan fingerprint density at radius 3 is 2.50 bits per heavy atom. The molecule has 1 aliphatic carbocycles. The fraction of sp³-hybridized carbons (Fsp3) is 0.769. The van der Waals surface area contributed by atoms with Gasteiger partial charge in [0.2, 0.25) is 11.9 Å². The van der Waals surface area contributed by atoms with Gasteiger partial charge < -0.3 is 20.5 Å². The van der Waals surface area contributed by atoms with Crippen LogP contribution in [0.15, 0.2) is 0 Å². The first-order chi connectivity index (χ1) is 9.71. The second-order valence-electron chi connectivity index (χ2n) is 5.17. The summed E-state index contributed by atoms with van der Waals surface area (Å²) in [6, 6.07) is 0.304. The molecule has 2 rings (SSSR count). The number of aromatic nitrogens is 3. The molecule has 112 valence electrons. The van der Waals surface area contributed by atoms with Gasteiger partial charge in [0.25, 0.3) is 0 Å². The molecular weight excluding hydrogens is 258 g/mol. The molecule has 1 heterocycles. The summed E-state index contributed by atoms with van der Waals surface area (Å²) in [6.45, 7) is 3.26. The molecule has 20 heavy (non-hydrogen) atoms. The lowest BCUT2D eigenvalue weighted by atomic mass is 9.87. The van der Waals surface area contributed by atoms with E-state index in [2.05, 4.69) is 25.6 Å². The van der Waals surface area contributed by atoms with E-state index in [1.807, 2.05) is 6.92 Å². The molecule has 7 nitrogen and oxygen atoms in total. The van der Waals surface area contributed by atoms with Crippen molar-refractivity contribution in [2.75, 3.05) is 37.4 Å². The molecular formula is C13H23N5O2. The number of hydrogen-bond acceptors (Lipinski definition) is 7. The van der Waals surface area contributed by atoms with Crippen LogP contribution in [0.25, 0.3) is 0 Å². The molecule has 0 bridgehead atoms. The highest BCUT2D eigenvalue weighted by molar-refractivity contribution is 5.35. The molecule has 1 fully saturated rings. The molecule has 1 aromatic rings. The second-order valence-corrected chi connectivity index (χ2v) is 5.17. The van der Waals surface area contributed by atoms with Crippen molar-refractivity contribution in [2.45, 2.75) is 32.6 Å². The van der Waals surface area contributed by atoms with Crippen molar-refractivity contribution < 1.29 is 9.84 Å². The van der Waals surface area contributed by atoms with Crippen LogP contribution in [0.3, 0.4) is 0 Å². The van der Waals surface area contributed by atoms with Gasteiger partial charge in [-0.2, -0.15) is 15.0 Å². The molecule has 1 aliphatic rings. The highest BCUT2D eigenvalue weighted by Gasteiger charge is 2.33. The number of ether oxygens (including phenoxy) is 1. The maximum atomic E-state index is 9.60. The van der Waals surface area contributed by atoms with Crippen LogP contribution >= 0.6 is 0 Å². The summed E-state index contributed by atoms with van der Waals surface area (Å²) in [5.74, 6) is 0.947. The number of rotatable bonds is 7. The summed E-state index contributed by atoms with van der Waals surface area (Å²) >= 11 is 0. The maximum absolute atomic E-state index is 9.60. The summed E-state index contributed by atoms with van der Waals surface area (Å²) in [6.07, 6.45) is 4.42. The Balaban J connectivity index is 2.06. The molecule has 3 N–H and O–H groups in total. The van der Waals surface area contributed by atoms with Gasteiger partial charge in [-0.15, -0.1) is 0 Å². The third-order valence-electron chi connectivity index (χ3n) is 3.73. The minimum atomic E-state index is -0.0434. The van der Waals surface area contributed by atoms with Crippen LogP contribution in [-0.4, -0.2) is 46.9 Å². The third kappa shape index (κ3) is 3.47. The Hall–Kier alpha value is -1.63. The lowest BCUT2D eigenvalue weighted by Gasteiger charge is -2.26. The van der Waals surface area contributed by atoms with E-state index in [1.165, 1.54) is 12.8 Å². The Morgan fingerprint density at radius 1 is 1.20 bits per heavy atom. The topological polar surface area (TPSA) is 92.2 Å². The number of hydrogen-bond donors (Lipinski definition) is 3. The zero-order valence-electron chi connectivity index (χ0n) is 12.1. The van der Waals surface area contributed by atoms with Crippen molar-refractivity contribution in [1.82, 2.24) is 15.0 Å². The number of nitrogens with one attached hydrogen (secondary N) is 2. The van der Waals surface area contributed by atoms with Crippen LogP contribution in [0, 0.1) is 5.41 Å². The van der Waals surface area contributed by atoms with Gasteiger partial charge in [-0.1, -0.05) is 12.8 Å². The number of aliphatic hydroxyl groups is 1. The summed E-state index contributed by atoms with van der Waals surface area (Å²) in [7, 11) is 1.75. The molecule has 1 aromatic heterocycles. The molecule has 7 heteroatoms. The molecule has 1 saturated carbocycles. The fourth-order valence-electron chi connectivity index (χ4n) is 2.52. The molecule has 0 unspecified atom stereocenters. The minimum absolute atomic E-state index is 0.0434. The number of aliphatic hydroxyl groups excluding tert-OH is 1. The summed E-state index contributed by atoms with van der Waals surface area (Å²) < 4.78 is 5.32. The van der Waals surface area contributed by atoms with Gasteiger partial charge in [-0.25, -0.2) is 0 Å². The first kappa shape index (κ1) is 14.8. The standard InChI is InChI=1S/C13H23N5O2/c1-3-20-12-17-10(14-2)16-11(18-12)15-8-13(9-19)6-4-5-7-13/h19H,3-9H2,1-2H3,(H2,14,15,16,17,18). The van der Waals surface area contributed by atoms with Crippen molar-refractivity contribution in [3.8, 4) is 6.01 Å². The minimum Gasteiger partial charge on any atom is -0.464 e. The average molecular weight is 281 g/mol. The Labute approximate surface area is 119 Å². The van der Waals surface area contributed by atoms with E-state index in [9.17, 15) is 5.11 Å². The first-order valence-corrected chi connectivity index (χ1v) is 7.13. The lowest BCUT2D eigenvalue weighted by Crippen LogP contribution is -2.31. The van der Waals surface area contributed by atoms with Crippen molar-refractivity contribution in [3.63, 3.8) is 0 Å². The molecule has 0 aromatic carbocycles. The van der Waals surface area contributed by atoms with Crippen LogP contribution in [0.1, 0.15) is 32.6 Å². The lowest BCUT2D eigenvalue weighted by molar-refractivity contribution is 0.142. The summed E-state index contributed by atoms with van der Waals surface area (Å²) in [5, 5.41) is 15.7. The predicted octanol–water partition coefficient (Wildman–Crippen LogP) is 1.28. The van der Waals surface area contributed by atoms with Gasteiger partial charge in [0.05, 0.1) is 13.2 Å². The largest absolute Gasteiger partial charge is 0.464 e. The van der Waals surface area contributed by atoms with Crippen LogP contribution in [-0.2, 0) is 0 Å². The molecule has 0 saturated heterocycles. The van der Waals surface area contributed by atoms with Gasteiger partial charge in [0.15, 0.2) is 0 Å². The zero-order chi connectivity index (χ0) is 14.4. The van der Waals surface area contributed by atoms with Crippen LogP contribution in [0.4, 0.5) is 11.9 Å². The fourth-order valence-corrected chi connectivity index (χ4v) is 2.52. The quantitative estimate of drug-likeness (QED) is 0.693. The second kappa shape index (κ2) is 6.69. The third-order valence-corrected chi connectivity index (χ3v) is 3.73. The van der Waals surface area contributed by atoms with Crippen molar-refractivity contribution in [3.05, 3.63) is 0 Å². The molecule has 0 atom stereocenters. The Morgan fingerprint density at radius 2 is 1.90 bits per heavy atom. The molecule has 0 amide bonds. The molecule has 0 spiro atoms. The van der Waals surface area contributed by atoms with Crippen molar-refractivity contribution >= 4 is 11.9 Å². The van der Waals surface area contributed by atoms with E-state index in [1.54, 1.807) is 7.05 Å². The van der Waals surface area contributed by atoms with Crippen molar-refractivity contribution in [2.24, 2.45) is 5.41 Å². The van der Waals surface area contributed by atoms with Gasteiger partial charge in [0, 0.05) is 19.0 Å². The molecule has 0 aliphatic heterocycles. The SMILES string of the molecule is CCOc1nc(NC)nc(NCC2(CO)CCCC2)n1. The van der Waals surface area contributed by atoms with E-state index in [0.717, 1.165) is 12.8 Å².